The van der Waals surface area contributed by atoms with Crippen LogP contribution in [0.2, 0.25) is 0 Å². The van der Waals surface area contributed by atoms with E-state index in [9.17, 15) is 19.2 Å². The number of fused-ring (bicyclic) bond motifs is 1. The zero-order chi connectivity index (χ0) is 22.5. The quantitative estimate of drug-likeness (QED) is 0.317. The third kappa shape index (κ3) is 4.82. The second kappa shape index (κ2) is 9.56. The summed E-state index contributed by atoms with van der Waals surface area (Å²) in [5.74, 6) is -0.728. The minimum absolute atomic E-state index is 0.0915. The third-order valence-electron chi connectivity index (χ3n) is 4.37. The molecule has 0 saturated heterocycles. The monoisotopic (exact) mass is 443 g/mol. The summed E-state index contributed by atoms with van der Waals surface area (Å²) < 4.78 is 7.02. The van der Waals surface area contributed by atoms with Gasteiger partial charge in [-0.05, 0) is 6.92 Å². The van der Waals surface area contributed by atoms with Crippen molar-refractivity contribution in [2.75, 3.05) is 18.9 Å². The number of carbonyl (C=O) groups is 2. The third-order valence-corrected chi connectivity index (χ3v) is 5.35. The Morgan fingerprint density at radius 2 is 1.81 bits per heavy atom. The topological polar surface area (TPSA) is 125 Å². The Morgan fingerprint density at radius 3 is 2.48 bits per heavy atom. The lowest BCUT2D eigenvalue weighted by Gasteiger charge is -2.12. The standard InChI is InChI=1S/C20H21N5O5S/c1-4-30-14(27)10-21-13(26)11-31-18-15-17(24(2)20(29)25(3)19(15)28)22-16(23-18)12-8-6-5-7-9-12/h5-9H,4,10-11H2,1-3H3,(H,21,26). The number of carbonyl (C=O) groups excluding carboxylic acids is 2. The molecule has 1 amide bonds. The molecule has 0 bridgehead atoms. The van der Waals surface area contributed by atoms with E-state index in [1.807, 2.05) is 18.2 Å². The van der Waals surface area contributed by atoms with Crippen LogP contribution in [0, 0.1) is 0 Å². The first kappa shape index (κ1) is 22.2. The first-order chi connectivity index (χ1) is 14.8. The van der Waals surface area contributed by atoms with E-state index in [1.165, 1.54) is 18.7 Å². The van der Waals surface area contributed by atoms with Gasteiger partial charge in [0.05, 0.1) is 12.4 Å². The predicted octanol–water partition coefficient (Wildman–Crippen LogP) is 0.466. The van der Waals surface area contributed by atoms with Crippen LogP contribution in [0.1, 0.15) is 6.92 Å². The number of nitrogens with one attached hydrogen (secondary N) is 1. The van der Waals surface area contributed by atoms with E-state index < -0.39 is 23.1 Å². The molecule has 31 heavy (non-hydrogen) atoms. The molecule has 2 heterocycles. The van der Waals surface area contributed by atoms with E-state index in [0.717, 1.165) is 16.3 Å². The zero-order valence-corrected chi connectivity index (χ0v) is 18.1. The van der Waals surface area contributed by atoms with E-state index in [4.69, 9.17) is 4.74 Å². The van der Waals surface area contributed by atoms with Crippen LogP contribution in [0.25, 0.3) is 22.4 Å². The largest absolute Gasteiger partial charge is 0.465 e. The maximum Gasteiger partial charge on any atom is 0.332 e. The van der Waals surface area contributed by atoms with Gasteiger partial charge in [0.1, 0.15) is 17.0 Å². The van der Waals surface area contributed by atoms with Crippen molar-refractivity contribution in [1.82, 2.24) is 24.4 Å². The summed E-state index contributed by atoms with van der Waals surface area (Å²) >= 11 is 1.03. The molecule has 0 aliphatic carbocycles. The highest BCUT2D eigenvalue weighted by molar-refractivity contribution is 8.00. The van der Waals surface area contributed by atoms with Crippen LogP contribution < -0.4 is 16.6 Å². The fraction of sp³-hybridized carbons (Fsp3) is 0.300. The number of esters is 1. The van der Waals surface area contributed by atoms with Crippen molar-refractivity contribution in [3.8, 4) is 11.4 Å². The van der Waals surface area contributed by atoms with Crippen molar-refractivity contribution in [2.45, 2.75) is 11.9 Å². The Hall–Kier alpha value is -3.47. The summed E-state index contributed by atoms with van der Waals surface area (Å²) in [5, 5.41) is 2.88. The van der Waals surface area contributed by atoms with E-state index >= 15 is 0 Å². The van der Waals surface area contributed by atoms with Crippen molar-refractivity contribution < 1.29 is 14.3 Å². The Morgan fingerprint density at radius 1 is 1.10 bits per heavy atom. The highest BCUT2D eigenvalue weighted by Gasteiger charge is 2.19. The van der Waals surface area contributed by atoms with Crippen LogP contribution in [0.4, 0.5) is 0 Å². The molecule has 3 rings (SSSR count). The number of hydrogen-bond acceptors (Lipinski definition) is 8. The summed E-state index contributed by atoms with van der Waals surface area (Å²) in [4.78, 5) is 57.7. The van der Waals surface area contributed by atoms with Crippen molar-refractivity contribution in [3.05, 3.63) is 51.2 Å². The fourth-order valence-corrected chi connectivity index (χ4v) is 3.66. The van der Waals surface area contributed by atoms with Crippen molar-refractivity contribution in [1.29, 1.82) is 0 Å². The fourth-order valence-electron chi connectivity index (χ4n) is 2.82. The maximum absolute atomic E-state index is 12.8. The molecular formula is C20H21N5O5S. The summed E-state index contributed by atoms with van der Waals surface area (Å²) in [6.45, 7) is 1.65. The van der Waals surface area contributed by atoms with E-state index in [0.29, 0.717) is 11.4 Å². The van der Waals surface area contributed by atoms with Gasteiger partial charge in [0.15, 0.2) is 11.5 Å². The molecule has 0 fully saturated rings. The number of thioether (sulfide) groups is 1. The average Bonchev–Trinajstić information content (AvgIpc) is 2.78. The van der Waals surface area contributed by atoms with Gasteiger partial charge in [-0.2, -0.15) is 0 Å². The van der Waals surface area contributed by atoms with Gasteiger partial charge in [-0.3, -0.25) is 23.5 Å². The maximum atomic E-state index is 12.8. The average molecular weight is 443 g/mol. The van der Waals surface area contributed by atoms with Gasteiger partial charge >= 0.3 is 11.7 Å². The molecule has 1 N–H and O–H groups in total. The van der Waals surface area contributed by atoms with Crippen LogP contribution in [-0.2, 0) is 28.4 Å². The molecule has 0 spiro atoms. The number of hydrogen-bond donors (Lipinski definition) is 1. The lowest BCUT2D eigenvalue weighted by atomic mass is 10.2. The van der Waals surface area contributed by atoms with Crippen molar-refractivity contribution >= 4 is 34.7 Å². The van der Waals surface area contributed by atoms with Gasteiger partial charge in [0.25, 0.3) is 5.56 Å². The molecule has 0 saturated carbocycles. The number of aryl methyl sites for hydroxylation is 1. The van der Waals surface area contributed by atoms with Gasteiger partial charge in [-0.15, -0.1) is 0 Å². The Kier molecular flexibility index (Phi) is 6.85. The van der Waals surface area contributed by atoms with Gasteiger partial charge in [-0.25, -0.2) is 14.8 Å². The molecule has 11 heteroatoms. The molecule has 162 valence electrons. The molecular weight excluding hydrogens is 422 g/mol. The van der Waals surface area contributed by atoms with Crippen molar-refractivity contribution in [2.24, 2.45) is 14.1 Å². The Bertz CT molecular complexity index is 1250. The van der Waals surface area contributed by atoms with Gasteiger partial charge < -0.3 is 10.1 Å². The smallest absolute Gasteiger partial charge is 0.332 e. The SMILES string of the molecule is CCOC(=O)CNC(=O)CSc1nc(-c2ccccc2)nc2c1c(=O)n(C)c(=O)n2C. The molecule has 2 aromatic heterocycles. The Balaban J connectivity index is 2.01. The molecule has 0 atom stereocenters. The highest BCUT2D eigenvalue weighted by Crippen LogP contribution is 2.25. The zero-order valence-electron chi connectivity index (χ0n) is 17.2. The first-order valence-corrected chi connectivity index (χ1v) is 10.4. The van der Waals surface area contributed by atoms with Crippen molar-refractivity contribution in [3.63, 3.8) is 0 Å². The van der Waals surface area contributed by atoms with E-state index in [1.54, 1.807) is 19.1 Å². The minimum Gasteiger partial charge on any atom is -0.465 e. The number of aromatic nitrogens is 4. The molecule has 0 aliphatic rings. The normalized spacial score (nSPS) is 10.8. The van der Waals surface area contributed by atoms with E-state index in [2.05, 4.69) is 15.3 Å². The number of amides is 1. The lowest BCUT2D eigenvalue weighted by molar-refractivity contribution is -0.143. The first-order valence-electron chi connectivity index (χ1n) is 9.41. The van der Waals surface area contributed by atoms with E-state index in [-0.39, 0.29) is 35.0 Å². The Labute approximate surface area is 181 Å². The second-order valence-electron chi connectivity index (χ2n) is 6.49. The highest BCUT2D eigenvalue weighted by atomic mass is 32.2. The summed E-state index contributed by atoms with van der Waals surface area (Å²) in [6, 6.07) is 9.10. The second-order valence-corrected chi connectivity index (χ2v) is 7.46. The molecule has 0 radical (unpaired) electrons. The summed E-state index contributed by atoms with van der Waals surface area (Å²) in [7, 11) is 2.89. The molecule has 3 aromatic rings. The van der Waals surface area contributed by atoms with Crippen LogP contribution >= 0.6 is 11.8 Å². The molecule has 0 unspecified atom stereocenters. The number of ether oxygens (including phenoxy) is 1. The van der Waals surface area contributed by atoms with Crippen LogP contribution in [0.5, 0.6) is 0 Å². The van der Waals surface area contributed by atoms with Gasteiger partial charge in [-0.1, -0.05) is 42.1 Å². The van der Waals surface area contributed by atoms with Gasteiger partial charge in [0, 0.05) is 19.7 Å². The summed E-state index contributed by atoms with van der Waals surface area (Å²) in [6.07, 6.45) is 0. The van der Waals surface area contributed by atoms with Crippen LogP contribution in [0.3, 0.4) is 0 Å². The van der Waals surface area contributed by atoms with Gasteiger partial charge in [0.2, 0.25) is 5.91 Å². The molecule has 0 aliphatic heterocycles. The van der Waals surface area contributed by atoms with Crippen LogP contribution in [-0.4, -0.2) is 49.9 Å². The number of nitrogens with zero attached hydrogens (tertiary/aromatic N) is 4. The minimum atomic E-state index is -0.549. The lowest BCUT2D eigenvalue weighted by Crippen LogP contribution is -2.37. The molecule has 10 nitrogen and oxygen atoms in total. The summed E-state index contributed by atoms with van der Waals surface area (Å²) in [5.41, 5.74) is -0.187. The number of benzene rings is 1. The molecule has 1 aromatic carbocycles. The number of rotatable bonds is 7. The predicted molar refractivity (Wildman–Crippen MR) is 116 cm³/mol. The van der Waals surface area contributed by atoms with Crippen LogP contribution in [0.15, 0.2) is 44.9 Å².